The van der Waals surface area contributed by atoms with Crippen LogP contribution in [-0.2, 0) is 12.8 Å². The number of carbonyl (C=O) groups is 1. The van der Waals surface area contributed by atoms with Crippen molar-refractivity contribution >= 4 is 22.4 Å². The highest BCUT2D eigenvalue weighted by molar-refractivity contribution is 7.15. The number of aromatic nitrogens is 2. The van der Waals surface area contributed by atoms with Gasteiger partial charge >= 0.3 is 0 Å². The van der Waals surface area contributed by atoms with Gasteiger partial charge in [0.25, 0.3) is 5.91 Å². The molecule has 0 saturated carbocycles. The van der Waals surface area contributed by atoms with Crippen LogP contribution in [0.25, 0.3) is 0 Å². The number of carbonyl (C=O) groups excluding carboxylic acids is 1. The van der Waals surface area contributed by atoms with Crippen molar-refractivity contribution in [3.8, 4) is 6.07 Å². The first kappa shape index (κ1) is 13.2. The lowest BCUT2D eigenvalue weighted by Gasteiger charge is -2.05. The van der Waals surface area contributed by atoms with E-state index in [-0.39, 0.29) is 12.3 Å². The molecule has 96 valence electrons. The summed E-state index contributed by atoms with van der Waals surface area (Å²) in [6.45, 7) is 1.98. The van der Waals surface area contributed by atoms with Crippen molar-refractivity contribution in [2.24, 2.45) is 0 Å². The Morgan fingerprint density at radius 2 is 2.21 bits per heavy atom. The second kappa shape index (κ2) is 6.07. The van der Waals surface area contributed by atoms with Crippen molar-refractivity contribution in [2.75, 3.05) is 5.32 Å². The standard InChI is InChI=1S/C13H12N4OS/c1-2-11-16-17-13(19-11)15-12(18)10-6-4-3-5-9(10)7-8-14/h3-6H,2,7H2,1H3,(H,15,17,18). The summed E-state index contributed by atoms with van der Waals surface area (Å²) in [5.74, 6) is -0.260. The van der Waals surface area contributed by atoms with Gasteiger partial charge in [0.1, 0.15) is 5.01 Å². The van der Waals surface area contributed by atoms with Crippen LogP contribution in [0.4, 0.5) is 5.13 Å². The lowest BCUT2D eigenvalue weighted by atomic mass is 10.0. The molecule has 1 aromatic carbocycles. The molecule has 1 heterocycles. The molecule has 2 rings (SSSR count). The van der Waals surface area contributed by atoms with E-state index in [1.54, 1.807) is 18.2 Å². The third-order valence-electron chi connectivity index (χ3n) is 2.52. The number of anilines is 1. The normalized spacial score (nSPS) is 9.89. The third-order valence-corrected chi connectivity index (χ3v) is 3.50. The van der Waals surface area contributed by atoms with E-state index in [1.165, 1.54) is 11.3 Å². The minimum Gasteiger partial charge on any atom is -0.296 e. The van der Waals surface area contributed by atoms with E-state index >= 15 is 0 Å². The maximum Gasteiger partial charge on any atom is 0.257 e. The molecule has 0 aliphatic heterocycles. The summed E-state index contributed by atoms with van der Waals surface area (Å²) in [4.78, 5) is 12.1. The predicted molar refractivity (Wildman–Crippen MR) is 73.0 cm³/mol. The second-order valence-electron chi connectivity index (χ2n) is 3.80. The summed E-state index contributed by atoms with van der Waals surface area (Å²) in [6, 6.07) is 9.10. The second-order valence-corrected chi connectivity index (χ2v) is 4.86. The molecule has 0 fully saturated rings. The fourth-order valence-electron chi connectivity index (χ4n) is 1.59. The van der Waals surface area contributed by atoms with E-state index in [9.17, 15) is 4.79 Å². The van der Waals surface area contributed by atoms with Crippen molar-refractivity contribution in [1.82, 2.24) is 10.2 Å². The van der Waals surface area contributed by atoms with Crippen LogP contribution in [0, 0.1) is 11.3 Å². The van der Waals surface area contributed by atoms with Gasteiger partial charge in [0.05, 0.1) is 12.5 Å². The highest BCUT2D eigenvalue weighted by Crippen LogP contribution is 2.17. The molecule has 0 unspecified atom stereocenters. The molecule has 0 bridgehead atoms. The summed E-state index contributed by atoms with van der Waals surface area (Å²) in [6.07, 6.45) is 0.998. The maximum atomic E-state index is 12.1. The largest absolute Gasteiger partial charge is 0.296 e. The fourth-order valence-corrected chi connectivity index (χ4v) is 2.27. The number of hydrogen-bond acceptors (Lipinski definition) is 5. The first-order valence-corrected chi connectivity index (χ1v) is 6.64. The SMILES string of the molecule is CCc1nnc(NC(=O)c2ccccc2CC#N)s1. The zero-order valence-electron chi connectivity index (χ0n) is 10.4. The van der Waals surface area contributed by atoms with Crippen molar-refractivity contribution < 1.29 is 4.79 Å². The Hall–Kier alpha value is -2.26. The molecule has 0 saturated heterocycles. The number of hydrogen-bond donors (Lipinski definition) is 1. The maximum absolute atomic E-state index is 12.1. The van der Waals surface area contributed by atoms with Crippen molar-refractivity contribution in [3.05, 3.63) is 40.4 Å². The van der Waals surface area contributed by atoms with Crippen molar-refractivity contribution in [2.45, 2.75) is 19.8 Å². The summed E-state index contributed by atoms with van der Waals surface area (Å²) in [7, 11) is 0. The zero-order valence-corrected chi connectivity index (χ0v) is 11.2. The molecular weight excluding hydrogens is 260 g/mol. The van der Waals surface area contributed by atoms with Crippen LogP contribution >= 0.6 is 11.3 Å². The molecule has 1 N–H and O–H groups in total. The van der Waals surface area contributed by atoms with Gasteiger partial charge in [0, 0.05) is 5.56 Å². The molecule has 1 aromatic heterocycles. The van der Waals surface area contributed by atoms with Gasteiger partial charge in [-0.15, -0.1) is 10.2 Å². The molecule has 19 heavy (non-hydrogen) atoms. The molecular formula is C13H12N4OS. The molecule has 1 amide bonds. The van der Waals surface area contributed by atoms with Crippen LogP contribution in [0.15, 0.2) is 24.3 Å². The molecule has 5 nitrogen and oxygen atoms in total. The Balaban J connectivity index is 2.18. The fraction of sp³-hybridized carbons (Fsp3) is 0.231. The molecule has 0 spiro atoms. The van der Waals surface area contributed by atoms with E-state index in [0.717, 1.165) is 11.4 Å². The van der Waals surface area contributed by atoms with Gasteiger partial charge in [-0.2, -0.15) is 5.26 Å². The number of nitrogens with zero attached hydrogens (tertiary/aromatic N) is 3. The summed E-state index contributed by atoms with van der Waals surface area (Å²) in [5.41, 5.74) is 1.21. The van der Waals surface area contributed by atoms with Gasteiger partial charge in [0.15, 0.2) is 0 Å². The van der Waals surface area contributed by atoms with Crippen LogP contribution in [0.3, 0.4) is 0 Å². The Bertz CT molecular complexity index is 630. The van der Waals surface area contributed by atoms with E-state index < -0.39 is 0 Å². The van der Waals surface area contributed by atoms with E-state index in [4.69, 9.17) is 5.26 Å². The Kier molecular flexibility index (Phi) is 4.21. The lowest BCUT2D eigenvalue weighted by Crippen LogP contribution is -2.14. The van der Waals surface area contributed by atoms with Gasteiger partial charge < -0.3 is 0 Å². The number of aryl methyl sites for hydroxylation is 1. The molecule has 6 heteroatoms. The van der Waals surface area contributed by atoms with E-state index in [0.29, 0.717) is 16.3 Å². The quantitative estimate of drug-likeness (QED) is 0.927. The Labute approximate surface area is 114 Å². The van der Waals surface area contributed by atoms with Crippen LogP contribution in [0.5, 0.6) is 0 Å². The summed E-state index contributed by atoms with van der Waals surface area (Å²) < 4.78 is 0. The monoisotopic (exact) mass is 272 g/mol. The number of nitriles is 1. The van der Waals surface area contributed by atoms with Crippen molar-refractivity contribution in [1.29, 1.82) is 5.26 Å². The summed E-state index contributed by atoms with van der Waals surface area (Å²) in [5, 5.41) is 20.7. The first-order chi connectivity index (χ1) is 9.24. The number of nitrogens with one attached hydrogen (secondary N) is 1. The minimum absolute atomic E-state index is 0.208. The van der Waals surface area contributed by atoms with Crippen LogP contribution < -0.4 is 5.32 Å². The van der Waals surface area contributed by atoms with Gasteiger partial charge in [-0.1, -0.05) is 36.5 Å². The lowest BCUT2D eigenvalue weighted by molar-refractivity contribution is 0.102. The third kappa shape index (κ3) is 3.14. The average Bonchev–Trinajstić information content (AvgIpc) is 2.87. The van der Waals surface area contributed by atoms with E-state index in [2.05, 4.69) is 21.6 Å². The van der Waals surface area contributed by atoms with Crippen LogP contribution in [-0.4, -0.2) is 16.1 Å². The van der Waals surface area contributed by atoms with Gasteiger partial charge in [0.2, 0.25) is 5.13 Å². The average molecular weight is 272 g/mol. The topological polar surface area (TPSA) is 78.7 Å². The van der Waals surface area contributed by atoms with Crippen LogP contribution in [0.1, 0.15) is 27.9 Å². The Morgan fingerprint density at radius 1 is 1.42 bits per heavy atom. The Morgan fingerprint density at radius 3 is 2.89 bits per heavy atom. The molecule has 0 atom stereocenters. The minimum atomic E-state index is -0.260. The van der Waals surface area contributed by atoms with Gasteiger partial charge in [-0.3, -0.25) is 10.1 Å². The molecule has 0 aliphatic rings. The smallest absolute Gasteiger partial charge is 0.257 e. The van der Waals surface area contributed by atoms with Gasteiger partial charge in [-0.25, -0.2) is 0 Å². The zero-order chi connectivity index (χ0) is 13.7. The molecule has 2 aromatic rings. The number of amides is 1. The highest BCUT2D eigenvalue weighted by atomic mass is 32.1. The van der Waals surface area contributed by atoms with Crippen molar-refractivity contribution in [3.63, 3.8) is 0 Å². The number of rotatable bonds is 4. The highest BCUT2D eigenvalue weighted by Gasteiger charge is 2.13. The van der Waals surface area contributed by atoms with Crippen LogP contribution in [0.2, 0.25) is 0 Å². The number of benzene rings is 1. The van der Waals surface area contributed by atoms with Gasteiger partial charge in [-0.05, 0) is 18.1 Å². The predicted octanol–water partition coefficient (Wildman–Crippen LogP) is 2.42. The molecule has 0 aliphatic carbocycles. The summed E-state index contributed by atoms with van der Waals surface area (Å²) >= 11 is 1.36. The molecule has 0 radical (unpaired) electrons. The van der Waals surface area contributed by atoms with E-state index in [1.807, 2.05) is 13.0 Å². The first-order valence-electron chi connectivity index (χ1n) is 5.83.